The summed E-state index contributed by atoms with van der Waals surface area (Å²) in [7, 11) is 0. The lowest BCUT2D eigenvalue weighted by molar-refractivity contribution is 0.439. The SMILES string of the molecule is Nc1onc(-c2ccc(Br)cc2Br)c1-c1ccc(F)cc1. The summed E-state index contributed by atoms with van der Waals surface area (Å²) >= 11 is 6.90. The highest BCUT2D eigenvalue weighted by molar-refractivity contribution is 9.11. The molecule has 3 aromatic rings. The van der Waals surface area contributed by atoms with Gasteiger partial charge in [-0.1, -0.05) is 55.2 Å². The molecule has 0 saturated carbocycles. The molecule has 3 nitrogen and oxygen atoms in total. The van der Waals surface area contributed by atoms with Crippen LogP contribution in [0.15, 0.2) is 55.9 Å². The molecular weight excluding hydrogens is 403 g/mol. The third-order valence-electron chi connectivity index (χ3n) is 3.04. The van der Waals surface area contributed by atoms with Gasteiger partial charge in [0, 0.05) is 14.5 Å². The molecule has 0 aliphatic carbocycles. The monoisotopic (exact) mass is 410 g/mol. The van der Waals surface area contributed by atoms with E-state index in [1.807, 2.05) is 18.2 Å². The van der Waals surface area contributed by atoms with E-state index in [9.17, 15) is 4.39 Å². The lowest BCUT2D eigenvalue weighted by Crippen LogP contribution is -1.89. The van der Waals surface area contributed by atoms with Gasteiger partial charge in [-0.2, -0.15) is 0 Å². The standard InChI is InChI=1S/C15H9Br2FN2O/c16-9-3-6-11(12(17)7-9)14-13(15(19)21-20-14)8-1-4-10(18)5-2-8/h1-7H,19H2. The first-order chi connectivity index (χ1) is 10.1. The van der Waals surface area contributed by atoms with E-state index in [2.05, 4.69) is 37.0 Å². The smallest absolute Gasteiger partial charge is 0.230 e. The molecule has 0 aliphatic heterocycles. The molecule has 2 N–H and O–H groups in total. The molecular formula is C15H9Br2FN2O. The summed E-state index contributed by atoms with van der Waals surface area (Å²) in [5, 5.41) is 4.04. The Bertz CT molecular complexity index is 800. The van der Waals surface area contributed by atoms with Crippen molar-refractivity contribution >= 4 is 37.7 Å². The van der Waals surface area contributed by atoms with Crippen molar-refractivity contribution in [2.24, 2.45) is 0 Å². The van der Waals surface area contributed by atoms with Gasteiger partial charge in [-0.3, -0.25) is 0 Å². The number of aromatic nitrogens is 1. The van der Waals surface area contributed by atoms with Crippen molar-refractivity contribution in [3.8, 4) is 22.4 Å². The Morgan fingerprint density at radius 1 is 1.05 bits per heavy atom. The minimum absolute atomic E-state index is 0.200. The van der Waals surface area contributed by atoms with Crippen LogP contribution in [0.4, 0.5) is 10.3 Å². The Morgan fingerprint density at radius 2 is 1.76 bits per heavy atom. The van der Waals surface area contributed by atoms with Crippen molar-refractivity contribution in [3.05, 3.63) is 57.2 Å². The molecule has 0 fully saturated rings. The maximum Gasteiger partial charge on any atom is 0.230 e. The van der Waals surface area contributed by atoms with E-state index in [0.29, 0.717) is 11.3 Å². The van der Waals surface area contributed by atoms with Crippen LogP contribution in [0.5, 0.6) is 0 Å². The second-order valence-corrected chi connectivity index (χ2v) is 6.17. The van der Waals surface area contributed by atoms with E-state index in [1.54, 1.807) is 12.1 Å². The number of nitrogen functional groups attached to an aromatic ring is 1. The zero-order valence-corrected chi connectivity index (χ0v) is 13.8. The number of nitrogens with two attached hydrogens (primary N) is 1. The minimum atomic E-state index is -0.305. The average molecular weight is 412 g/mol. The fraction of sp³-hybridized carbons (Fsp3) is 0. The second kappa shape index (κ2) is 5.61. The predicted octanol–water partition coefficient (Wildman–Crippen LogP) is 5.25. The molecule has 3 rings (SSSR count). The molecule has 0 atom stereocenters. The highest BCUT2D eigenvalue weighted by Gasteiger charge is 2.19. The van der Waals surface area contributed by atoms with Crippen molar-refractivity contribution in [3.63, 3.8) is 0 Å². The summed E-state index contributed by atoms with van der Waals surface area (Å²) in [6, 6.07) is 11.8. The quantitative estimate of drug-likeness (QED) is 0.626. The number of anilines is 1. The molecule has 106 valence electrons. The van der Waals surface area contributed by atoms with Crippen LogP contribution in [0.25, 0.3) is 22.4 Å². The largest absolute Gasteiger partial charge is 0.367 e. The fourth-order valence-corrected chi connectivity index (χ4v) is 3.30. The maximum atomic E-state index is 13.1. The van der Waals surface area contributed by atoms with E-state index in [-0.39, 0.29) is 11.7 Å². The molecule has 0 radical (unpaired) electrons. The Balaban J connectivity index is 2.19. The lowest BCUT2D eigenvalue weighted by atomic mass is 10.0. The van der Waals surface area contributed by atoms with Gasteiger partial charge in [0.05, 0.1) is 5.56 Å². The molecule has 0 bridgehead atoms. The Kier molecular flexibility index (Phi) is 3.82. The summed E-state index contributed by atoms with van der Waals surface area (Å²) in [5.41, 5.74) is 8.74. The predicted molar refractivity (Wildman–Crippen MR) is 87.1 cm³/mol. The van der Waals surface area contributed by atoms with Gasteiger partial charge < -0.3 is 10.3 Å². The Labute approximate surface area is 137 Å². The van der Waals surface area contributed by atoms with Crippen LogP contribution in [-0.4, -0.2) is 5.16 Å². The molecule has 0 unspecified atom stereocenters. The van der Waals surface area contributed by atoms with Gasteiger partial charge in [0.25, 0.3) is 0 Å². The number of benzene rings is 2. The van der Waals surface area contributed by atoms with Gasteiger partial charge in [-0.05, 0) is 29.8 Å². The number of hydrogen-bond donors (Lipinski definition) is 1. The van der Waals surface area contributed by atoms with E-state index < -0.39 is 0 Å². The topological polar surface area (TPSA) is 52.0 Å². The lowest BCUT2D eigenvalue weighted by Gasteiger charge is -2.05. The van der Waals surface area contributed by atoms with Crippen molar-refractivity contribution in [2.45, 2.75) is 0 Å². The van der Waals surface area contributed by atoms with Gasteiger partial charge in [0.1, 0.15) is 11.5 Å². The van der Waals surface area contributed by atoms with Crippen molar-refractivity contribution in [1.82, 2.24) is 5.16 Å². The van der Waals surface area contributed by atoms with Crippen LogP contribution in [0.2, 0.25) is 0 Å². The summed E-state index contributed by atoms with van der Waals surface area (Å²) in [4.78, 5) is 0. The zero-order valence-electron chi connectivity index (χ0n) is 10.6. The zero-order chi connectivity index (χ0) is 15.0. The van der Waals surface area contributed by atoms with Crippen molar-refractivity contribution < 1.29 is 8.91 Å². The van der Waals surface area contributed by atoms with Crippen LogP contribution >= 0.6 is 31.9 Å². The highest BCUT2D eigenvalue weighted by atomic mass is 79.9. The highest BCUT2D eigenvalue weighted by Crippen LogP contribution is 2.39. The number of hydrogen-bond acceptors (Lipinski definition) is 3. The van der Waals surface area contributed by atoms with Crippen LogP contribution in [0.3, 0.4) is 0 Å². The third-order valence-corrected chi connectivity index (χ3v) is 4.19. The molecule has 6 heteroatoms. The Morgan fingerprint density at radius 3 is 2.43 bits per heavy atom. The molecule has 0 amide bonds. The molecule has 0 spiro atoms. The van der Waals surface area contributed by atoms with Crippen molar-refractivity contribution in [1.29, 1.82) is 0 Å². The number of rotatable bonds is 2. The normalized spacial score (nSPS) is 10.8. The first kappa shape index (κ1) is 14.3. The average Bonchev–Trinajstić information content (AvgIpc) is 2.82. The van der Waals surface area contributed by atoms with Gasteiger partial charge in [-0.25, -0.2) is 4.39 Å². The van der Waals surface area contributed by atoms with Gasteiger partial charge in [0.2, 0.25) is 5.88 Å². The second-order valence-electron chi connectivity index (χ2n) is 4.40. The van der Waals surface area contributed by atoms with E-state index in [0.717, 1.165) is 20.1 Å². The van der Waals surface area contributed by atoms with Crippen LogP contribution < -0.4 is 5.73 Å². The third kappa shape index (κ3) is 2.73. The Hall–Kier alpha value is -1.66. The maximum absolute atomic E-state index is 13.1. The van der Waals surface area contributed by atoms with E-state index in [1.165, 1.54) is 12.1 Å². The number of nitrogens with zero attached hydrogens (tertiary/aromatic N) is 1. The number of halogens is 3. The van der Waals surface area contributed by atoms with Gasteiger partial charge in [-0.15, -0.1) is 0 Å². The van der Waals surface area contributed by atoms with E-state index in [4.69, 9.17) is 10.3 Å². The molecule has 21 heavy (non-hydrogen) atoms. The first-order valence-corrected chi connectivity index (χ1v) is 7.61. The summed E-state index contributed by atoms with van der Waals surface area (Å²) in [6.45, 7) is 0. The summed E-state index contributed by atoms with van der Waals surface area (Å²) in [6.07, 6.45) is 0. The first-order valence-electron chi connectivity index (χ1n) is 6.03. The van der Waals surface area contributed by atoms with Crippen molar-refractivity contribution in [2.75, 3.05) is 5.73 Å². The summed E-state index contributed by atoms with van der Waals surface area (Å²) in [5.74, 6) is -0.105. The molecule has 1 heterocycles. The minimum Gasteiger partial charge on any atom is -0.367 e. The van der Waals surface area contributed by atoms with E-state index >= 15 is 0 Å². The molecule has 1 aromatic heterocycles. The van der Waals surface area contributed by atoms with Crippen LogP contribution in [-0.2, 0) is 0 Å². The summed E-state index contributed by atoms with van der Waals surface area (Å²) < 4.78 is 20.0. The van der Waals surface area contributed by atoms with Gasteiger partial charge >= 0.3 is 0 Å². The van der Waals surface area contributed by atoms with Crippen LogP contribution in [0, 0.1) is 5.82 Å². The molecule has 0 aliphatic rings. The van der Waals surface area contributed by atoms with Gasteiger partial charge in [0.15, 0.2) is 0 Å². The van der Waals surface area contributed by atoms with Crippen LogP contribution in [0.1, 0.15) is 0 Å². The fourth-order valence-electron chi connectivity index (χ4n) is 2.06. The molecule has 0 saturated heterocycles. The molecule has 2 aromatic carbocycles.